The number of hydrogen-bond acceptors (Lipinski definition) is 6. The van der Waals surface area contributed by atoms with Gasteiger partial charge in [-0.3, -0.25) is 0 Å². The van der Waals surface area contributed by atoms with Crippen molar-refractivity contribution < 1.29 is 0 Å². The van der Waals surface area contributed by atoms with Crippen molar-refractivity contribution in [3.8, 4) is 0 Å². The predicted octanol–water partition coefficient (Wildman–Crippen LogP) is 3.97. The lowest BCUT2D eigenvalue weighted by Crippen LogP contribution is -1.88. The van der Waals surface area contributed by atoms with Crippen LogP contribution in [0.3, 0.4) is 0 Å². The van der Waals surface area contributed by atoms with Crippen LogP contribution in [0.5, 0.6) is 0 Å². The topological polar surface area (TPSA) is 156 Å². The molecule has 26 heavy (non-hydrogen) atoms. The van der Waals surface area contributed by atoms with Crippen LogP contribution >= 0.6 is 27.5 Å². The van der Waals surface area contributed by atoms with Crippen molar-refractivity contribution in [2.45, 2.75) is 0 Å². The number of rotatable bonds is 0. The molecule has 0 saturated carbocycles. The highest BCUT2D eigenvalue weighted by atomic mass is 79.9. The van der Waals surface area contributed by atoms with Crippen molar-refractivity contribution in [3.05, 3.63) is 70.2 Å². The zero-order valence-corrected chi connectivity index (χ0v) is 16.3. The van der Waals surface area contributed by atoms with Crippen LogP contribution in [0, 0.1) is 0 Å². The molecule has 0 fully saturated rings. The molecule has 0 radical (unpaired) electrons. The zero-order valence-electron chi connectivity index (χ0n) is 14.0. The molecule has 0 heterocycles. The Morgan fingerprint density at radius 3 is 1.27 bits per heavy atom. The van der Waals surface area contributed by atoms with Crippen LogP contribution in [0.15, 0.2) is 65.1 Å². The molecule has 0 unspecified atom stereocenters. The van der Waals surface area contributed by atoms with Crippen molar-refractivity contribution in [1.29, 1.82) is 0 Å². The molecule has 0 atom stereocenters. The molecule has 6 nitrogen and oxygen atoms in total. The maximum absolute atomic E-state index is 5.61. The van der Waals surface area contributed by atoms with E-state index in [0.29, 0.717) is 22.1 Å². The fourth-order valence-electron chi connectivity index (χ4n) is 1.58. The summed E-state index contributed by atoms with van der Waals surface area (Å²) in [4.78, 5) is 0. The van der Waals surface area contributed by atoms with Crippen molar-refractivity contribution in [2.24, 2.45) is 0 Å². The number of anilines is 6. The molecule has 0 amide bonds. The van der Waals surface area contributed by atoms with E-state index >= 15 is 0 Å². The van der Waals surface area contributed by atoms with Crippen LogP contribution in [-0.2, 0) is 0 Å². The highest BCUT2D eigenvalue weighted by Gasteiger charge is 1.93. The molecule has 0 aromatic heterocycles. The van der Waals surface area contributed by atoms with Crippen LogP contribution in [0.4, 0.5) is 34.1 Å². The quantitative estimate of drug-likeness (QED) is 0.292. The second kappa shape index (κ2) is 10.3. The molecule has 12 N–H and O–H groups in total. The van der Waals surface area contributed by atoms with Gasteiger partial charge in [0.15, 0.2) is 0 Å². The predicted molar refractivity (Wildman–Crippen MR) is 119 cm³/mol. The number of hydrogen-bond donors (Lipinski definition) is 6. The largest absolute Gasteiger partial charge is 0.399 e. The molecular formula is C18H22BrClN6. The third-order valence-electron chi connectivity index (χ3n) is 2.99. The molecular weight excluding hydrogens is 416 g/mol. The van der Waals surface area contributed by atoms with Crippen LogP contribution in [-0.4, -0.2) is 0 Å². The van der Waals surface area contributed by atoms with Crippen molar-refractivity contribution in [3.63, 3.8) is 0 Å². The average Bonchev–Trinajstić information content (AvgIpc) is 2.59. The Balaban J connectivity index is 0.000000195. The first-order valence-electron chi connectivity index (χ1n) is 7.41. The Morgan fingerprint density at radius 1 is 0.538 bits per heavy atom. The summed E-state index contributed by atoms with van der Waals surface area (Å²) < 4.78 is 0.850. The molecule has 0 aliphatic carbocycles. The number of benzene rings is 3. The van der Waals surface area contributed by atoms with E-state index in [0.717, 1.165) is 21.5 Å². The van der Waals surface area contributed by atoms with E-state index in [2.05, 4.69) is 15.9 Å². The normalized spacial score (nSPS) is 9.31. The minimum Gasteiger partial charge on any atom is -0.399 e. The van der Waals surface area contributed by atoms with Crippen molar-refractivity contribution >= 4 is 61.7 Å². The summed E-state index contributed by atoms with van der Waals surface area (Å²) in [5.74, 6) is 0. The summed E-state index contributed by atoms with van der Waals surface area (Å²) in [5.41, 5.74) is 36.6. The molecule has 138 valence electrons. The molecule has 0 saturated heterocycles. The van der Waals surface area contributed by atoms with Gasteiger partial charge in [-0.25, -0.2) is 0 Å². The van der Waals surface area contributed by atoms with Crippen LogP contribution in [0.25, 0.3) is 0 Å². The van der Waals surface area contributed by atoms with Gasteiger partial charge in [-0.15, -0.1) is 0 Å². The Labute approximate surface area is 166 Å². The number of halogens is 2. The smallest absolute Gasteiger partial charge is 0.0655 e. The zero-order chi connectivity index (χ0) is 19.7. The summed E-state index contributed by atoms with van der Waals surface area (Å²) in [6.07, 6.45) is 0. The van der Waals surface area contributed by atoms with E-state index < -0.39 is 0 Å². The van der Waals surface area contributed by atoms with Gasteiger partial charge < -0.3 is 34.4 Å². The van der Waals surface area contributed by atoms with Crippen LogP contribution < -0.4 is 34.4 Å². The Morgan fingerprint density at radius 2 is 0.923 bits per heavy atom. The Bertz CT molecular complexity index is 769. The van der Waals surface area contributed by atoms with Gasteiger partial charge in [0.2, 0.25) is 0 Å². The summed E-state index contributed by atoms with van der Waals surface area (Å²) in [5, 5.41) is 0.509. The van der Waals surface area contributed by atoms with Gasteiger partial charge in [-0.1, -0.05) is 11.6 Å². The van der Waals surface area contributed by atoms with Crippen molar-refractivity contribution in [2.75, 3.05) is 34.4 Å². The molecule has 0 bridgehead atoms. The first-order valence-corrected chi connectivity index (χ1v) is 8.58. The summed E-state index contributed by atoms with van der Waals surface area (Å²) in [7, 11) is 0. The maximum atomic E-state index is 5.61. The minimum absolute atomic E-state index is 0.509. The second-order valence-electron chi connectivity index (χ2n) is 5.23. The standard InChI is InChI=1S/C6H7BrN2.C6H7ClN2.C6H8N2/c2*7-5-3-4(8)1-2-6(5)9;7-5-1-2-6(8)4-3-5/h2*1-3H,8-9H2;1-4H,7-8H2. The van der Waals surface area contributed by atoms with Crippen LogP contribution in [0.2, 0.25) is 5.02 Å². The molecule has 3 rings (SSSR count). The lowest BCUT2D eigenvalue weighted by molar-refractivity contribution is 1.62. The molecule has 3 aromatic carbocycles. The van der Waals surface area contributed by atoms with Crippen LogP contribution in [0.1, 0.15) is 0 Å². The van der Waals surface area contributed by atoms with Gasteiger partial charge in [-0.2, -0.15) is 0 Å². The first kappa shape index (κ1) is 21.3. The molecule has 0 aliphatic heterocycles. The highest BCUT2D eigenvalue weighted by Crippen LogP contribution is 2.21. The Kier molecular flexibility index (Phi) is 8.41. The minimum atomic E-state index is 0.509. The maximum Gasteiger partial charge on any atom is 0.0655 e. The van der Waals surface area contributed by atoms with E-state index in [1.807, 2.05) is 0 Å². The van der Waals surface area contributed by atoms with E-state index in [-0.39, 0.29) is 0 Å². The fourth-order valence-corrected chi connectivity index (χ4v) is 2.17. The molecule has 3 aromatic rings. The van der Waals surface area contributed by atoms with Gasteiger partial charge in [0.1, 0.15) is 0 Å². The summed E-state index contributed by atoms with van der Waals surface area (Å²) in [6.45, 7) is 0. The second-order valence-corrected chi connectivity index (χ2v) is 6.49. The van der Waals surface area contributed by atoms with E-state index in [1.54, 1.807) is 60.7 Å². The SMILES string of the molecule is Nc1ccc(N)c(Br)c1.Nc1ccc(N)c(Cl)c1.Nc1ccc(N)cc1. The number of nitrogens with two attached hydrogens (primary N) is 6. The summed E-state index contributed by atoms with van der Waals surface area (Å²) >= 11 is 8.85. The van der Waals surface area contributed by atoms with Crippen molar-refractivity contribution in [1.82, 2.24) is 0 Å². The van der Waals surface area contributed by atoms with E-state index in [4.69, 9.17) is 46.0 Å². The average molecular weight is 438 g/mol. The monoisotopic (exact) mass is 436 g/mol. The van der Waals surface area contributed by atoms with Gasteiger partial charge in [0.05, 0.1) is 10.7 Å². The fraction of sp³-hybridized carbons (Fsp3) is 0. The first-order chi connectivity index (χ1) is 12.2. The highest BCUT2D eigenvalue weighted by molar-refractivity contribution is 9.10. The van der Waals surface area contributed by atoms with Gasteiger partial charge >= 0.3 is 0 Å². The van der Waals surface area contributed by atoms with Gasteiger partial charge in [0.25, 0.3) is 0 Å². The molecule has 0 aliphatic rings. The third kappa shape index (κ3) is 7.87. The van der Waals surface area contributed by atoms with Gasteiger partial charge in [-0.05, 0) is 76.6 Å². The summed E-state index contributed by atoms with van der Waals surface area (Å²) in [6, 6.07) is 17.4. The van der Waals surface area contributed by atoms with E-state index in [9.17, 15) is 0 Å². The lowest BCUT2D eigenvalue weighted by atomic mass is 10.3. The van der Waals surface area contributed by atoms with Gasteiger partial charge in [0, 0.05) is 32.9 Å². The molecule has 8 heteroatoms. The third-order valence-corrected chi connectivity index (χ3v) is 4.00. The lowest BCUT2D eigenvalue weighted by Gasteiger charge is -1.96. The Hall–Kier alpha value is -2.77. The molecule has 0 spiro atoms. The van der Waals surface area contributed by atoms with E-state index in [1.165, 1.54) is 0 Å². The number of nitrogen functional groups attached to an aromatic ring is 6.